The standard InChI is InChI=1S/C79H49N10/c1-4-25-50(26-5-1)76-81-77(51-27-6-2-7-28-51)83-78(82-76)61-49-71(85-62-38-17-10-31-53(62)54-32-11-18-39-63(54)85)89(88-68-44-23-16-37-59(68)60-46-47-69-72(74(60)88)73-70(45-24-48-80-73)84(69)52-29-8-3-9-30-52)79(87-66-42-21-14-35-57(66)58-36-15-22-43-67(58)87)75(61)86-64-40-19-12-33-55(64)56-34-13-20-41-65(56)86/h1-49H/q+1. The van der Waals surface area contributed by atoms with Crippen molar-refractivity contribution in [2.75, 3.05) is 0 Å². The summed E-state index contributed by atoms with van der Waals surface area (Å²) in [5.41, 5.74) is 15.5. The van der Waals surface area contributed by atoms with Crippen LogP contribution in [0.1, 0.15) is 0 Å². The molecule has 0 amide bonds. The van der Waals surface area contributed by atoms with E-state index in [9.17, 15) is 0 Å². The molecule has 0 aliphatic heterocycles. The van der Waals surface area contributed by atoms with Crippen LogP contribution in [0.4, 0.5) is 0 Å². The molecule has 0 aliphatic rings. The van der Waals surface area contributed by atoms with E-state index in [0.717, 1.165) is 149 Å². The van der Waals surface area contributed by atoms with Gasteiger partial charge in [-0.3, -0.25) is 4.98 Å². The zero-order valence-electron chi connectivity index (χ0n) is 47.8. The molecule has 414 valence electrons. The molecular formula is C79H49N10+. The van der Waals surface area contributed by atoms with Crippen LogP contribution in [0.2, 0.25) is 0 Å². The van der Waals surface area contributed by atoms with E-state index in [-0.39, 0.29) is 0 Å². The molecule has 8 aromatic heterocycles. The lowest BCUT2D eigenvalue weighted by Gasteiger charge is -2.24. The van der Waals surface area contributed by atoms with Gasteiger partial charge in [0.15, 0.2) is 17.5 Å². The predicted molar refractivity (Wildman–Crippen MR) is 362 cm³/mol. The summed E-state index contributed by atoms with van der Waals surface area (Å²) in [7, 11) is 0. The number of rotatable bonds is 8. The van der Waals surface area contributed by atoms with Gasteiger partial charge in [-0.2, -0.15) is 4.68 Å². The summed E-state index contributed by atoms with van der Waals surface area (Å²) >= 11 is 0. The Labute approximate surface area is 508 Å². The molecule has 0 atom stereocenters. The van der Waals surface area contributed by atoms with Crippen molar-refractivity contribution < 1.29 is 4.68 Å². The first-order valence-electron chi connectivity index (χ1n) is 30.1. The molecule has 0 bridgehead atoms. The molecule has 0 saturated carbocycles. The van der Waals surface area contributed by atoms with Crippen molar-refractivity contribution in [1.82, 2.24) is 42.9 Å². The third-order valence-corrected chi connectivity index (χ3v) is 18.0. The minimum absolute atomic E-state index is 0.505. The minimum Gasteiger partial charge on any atom is -0.308 e. The molecule has 0 fully saturated rings. The molecule has 8 heterocycles. The highest BCUT2D eigenvalue weighted by atomic mass is 15.5. The van der Waals surface area contributed by atoms with Gasteiger partial charge in [0, 0.05) is 72.2 Å². The maximum absolute atomic E-state index is 5.74. The van der Waals surface area contributed by atoms with E-state index in [1.54, 1.807) is 0 Å². The van der Waals surface area contributed by atoms with Gasteiger partial charge in [-0.1, -0.05) is 206 Å². The first-order valence-corrected chi connectivity index (χ1v) is 30.1. The maximum Gasteiger partial charge on any atom is 0.282 e. The summed E-state index contributed by atoms with van der Waals surface area (Å²) in [4.78, 5) is 22.2. The Kier molecular flexibility index (Phi) is 10.5. The maximum atomic E-state index is 5.74. The quantitative estimate of drug-likeness (QED) is 0.142. The Hall–Kier alpha value is -12.3. The van der Waals surface area contributed by atoms with Crippen LogP contribution in [-0.4, -0.2) is 42.9 Å². The molecule has 0 N–H and O–H groups in total. The van der Waals surface area contributed by atoms with Crippen LogP contribution in [0.3, 0.4) is 0 Å². The van der Waals surface area contributed by atoms with E-state index in [4.69, 9.17) is 19.9 Å². The van der Waals surface area contributed by atoms with E-state index in [1.807, 2.05) is 48.7 Å². The molecule has 11 aromatic carbocycles. The third-order valence-electron chi connectivity index (χ3n) is 18.0. The average molecular weight is 1140 g/mol. The van der Waals surface area contributed by atoms with Gasteiger partial charge in [0.25, 0.3) is 11.6 Å². The molecule has 0 aliphatic carbocycles. The highest BCUT2D eigenvalue weighted by Gasteiger charge is 2.38. The number of para-hydroxylation sites is 8. The van der Waals surface area contributed by atoms with Crippen LogP contribution in [0.25, 0.3) is 166 Å². The van der Waals surface area contributed by atoms with Crippen LogP contribution in [0, 0.1) is 0 Å². The van der Waals surface area contributed by atoms with E-state index in [0.29, 0.717) is 17.5 Å². The highest BCUT2D eigenvalue weighted by Crippen LogP contribution is 2.46. The van der Waals surface area contributed by atoms with Crippen molar-refractivity contribution in [1.29, 1.82) is 0 Å². The molecular weight excluding hydrogens is 1090 g/mol. The number of pyridine rings is 2. The fourth-order valence-electron chi connectivity index (χ4n) is 14.4. The molecule has 0 saturated heterocycles. The summed E-state index contributed by atoms with van der Waals surface area (Å²) in [6, 6.07) is 104. The molecule has 89 heavy (non-hydrogen) atoms. The van der Waals surface area contributed by atoms with Crippen molar-refractivity contribution in [2.45, 2.75) is 0 Å². The Balaban J connectivity index is 1.14. The molecule has 19 aromatic rings. The second kappa shape index (κ2) is 19.1. The monoisotopic (exact) mass is 1140 g/mol. The number of nitrogens with zero attached hydrogens (tertiary/aromatic N) is 10. The van der Waals surface area contributed by atoms with Crippen molar-refractivity contribution in [2.24, 2.45) is 0 Å². The first-order chi connectivity index (χ1) is 44.2. The summed E-state index contributed by atoms with van der Waals surface area (Å²) in [6.07, 6.45) is 1.93. The van der Waals surface area contributed by atoms with Crippen molar-refractivity contribution in [3.05, 3.63) is 297 Å². The zero-order valence-corrected chi connectivity index (χ0v) is 47.8. The first kappa shape index (κ1) is 49.0. The Morgan fingerprint density at radius 1 is 0.292 bits per heavy atom. The van der Waals surface area contributed by atoms with Gasteiger partial charge in [0.2, 0.25) is 0 Å². The van der Waals surface area contributed by atoms with Gasteiger partial charge in [0.1, 0.15) is 27.8 Å². The lowest BCUT2D eigenvalue weighted by molar-refractivity contribution is -0.708. The largest absolute Gasteiger partial charge is 0.308 e. The molecule has 19 rings (SSSR count). The fraction of sp³-hybridized carbons (Fsp3) is 0. The topological polar surface area (TPSA) is 80.1 Å². The minimum atomic E-state index is 0.505. The van der Waals surface area contributed by atoms with Crippen LogP contribution >= 0.6 is 0 Å². The van der Waals surface area contributed by atoms with Crippen molar-refractivity contribution in [3.63, 3.8) is 0 Å². The Bertz CT molecular complexity index is 5890. The van der Waals surface area contributed by atoms with Gasteiger partial charge in [-0.05, 0) is 78.9 Å². The van der Waals surface area contributed by atoms with Gasteiger partial charge in [-0.25, -0.2) is 24.1 Å². The number of hydrogen-bond acceptors (Lipinski definition) is 4. The molecule has 0 radical (unpaired) electrons. The number of aromatic nitrogens is 10. The summed E-state index contributed by atoms with van der Waals surface area (Å²) < 4.78 is 14.8. The highest BCUT2D eigenvalue weighted by molar-refractivity contribution is 6.25. The smallest absolute Gasteiger partial charge is 0.282 e. The van der Waals surface area contributed by atoms with Gasteiger partial charge in [-0.15, -0.1) is 4.68 Å². The second-order valence-corrected chi connectivity index (χ2v) is 22.8. The van der Waals surface area contributed by atoms with Crippen LogP contribution in [-0.2, 0) is 0 Å². The molecule has 0 spiro atoms. The average Bonchev–Trinajstić information content (AvgIpc) is 1.58. The molecule has 10 nitrogen and oxygen atoms in total. The van der Waals surface area contributed by atoms with Crippen molar-refractivity contribution in [3.8, 4) is 57.2 Å². The van der Waals surface area contributed by atoms with E-state index in [2.05, 4.69) is 276 Å². The number of benzene rings is 11. The predicted octanol–water partition coefficient (Wildman–Crippen LogP) is 18.4. The van der Waals surface area contributed by atoms with Crippen molar-refractivity contribution >= 4 is 109 Å². The lowest BCUT2D eigenvalue weighted by Crippen LogP contribution is -2.50. The summed E-state index contributed by atoms with van der Waals surface area (Å²) in [5.74, 6) is 3.30. The van der Waals surface area contributed by atoms with E-state index in [1.165, 1.54) is 0 Å². The third kappa shape index (κ3) is 7.10. The summed E-state index contributed by atoms with van der Waals surface area (Å²) in [6.45, 7) is 0. The summed E-state index contributed by atoms with van der Waals surface area (Å²) in [5, 5.41) is 9.90. The zero-order chi connectivity index (χ0) is 58.3. The second-order valence-electron chi connectivity index (χ2n) is 22.8. The fourth-order valence-corrected chi connectivity index (χ4v) is 14.4. The van der Waals surface area contributed by atoms with Gasteiger partial charge in [0.05, 0.1) is 49.6 Å². The molecule has 0 unspecified atom stereocenters. The van der Waals surface area contributed by atoms with Gasteiger partial charge >= 0.3 is 0 Å². The van der Waals surface area contributed by atoms with Crippen LogP contribution in [0.5, 0.6) is 0 Å². The normalized spacial score (nSPS) is 12.0. The number of fused-ring (bicyclic) bond motifs is 16. The van der Waals surface area contributed by atoms with E-state index >= 15 is 0 Å². The lowest BCUT2D eigenvalue weighted by atomic mass is 10.1. The van der Waals surface area contributed by atoms with E-state index < -0.39 is 0 Å². The Morgan fingerprint density at radius 3 is 1.20 bits per heavy atom. The van der Waals surface area contributed by atoms with Gasteiger partial charge < -0.3 is 9.13 Å². The van der Waals surface area contributed by atoms with Crippen LogP contribution < -0.4 is 4.68 Å². The molecule has 10 heteroatoms. The number of hydrogen-bond donors (Lipinski definition) is 0. The van der Waals surface area contributed by atoms with Crippen LogP contribution in [0.15, 0.2) is 297 Å². The Morgan fingerprint density at radius 2 is 0.697 bits per heavy atom. The SMILES string of the molecule is c1ccc(-c2nc(-c3ccccc3)nc(-c3cc(-n4c5ccccc5c5ccccc54)[n+](-n4c5ccccc5c5ccc6c(c7ncccc7n6-c6ccccc6)c54)c(-n4c5ccccc5c5ccccc54)c3-n3c4ccccc4c4ccccc43)n2)cc1.